The maximum Gasteiger partial charge on any atom is 0.417 e. The first kappa shape index (κ1) is 43.4. The van der Waals surface area contributed by atoms with E-state index in [2.05, 4.69) is 29.0 Å². The lowest BCUT2D eigenvalue weighted by Gasteiger charge is -2.34. The number of piperidine rings is 1. The number of Topliss-reactive ketones (excluding diaryl/α,β-unsaturated/α-hetero) is 1. The zero-order chi connectivity index (χ0) is 42.6. The number of thiocarbonyl (C=S) groups is 1. The molecule has 1 N–H and O–H groups in total. The highest BCUT2D eigenvalue weighted by molar-refractivity contribution is 7.81. The molecule has 3 aliphatic rings. The van der Waals surface area contributed by atoms with E-state index in [0.29, 0.717) is 56.8 Å². The van der Waals surface area contributed by atoms with E-state index in [1.54, 1.807) is 30.9 Å². The Morgan fingerprint density at radius 2 is 1.69 bits per heavy atom. The molecule has 3 aromatic rings. The van der Waals surface area contributed by atoms with Crippen LogP contribution in [0.2, 0.25) is 0 Å². The van der Waals surface area contributed by atoms with Gasteiger partial charge in [-0.1, -0.05) is 38.1 Å². The molecule has 3 aromatic carbocycles. The van der Waals surface area contributed by atoms with Crippen molar-refractivity contribution in [3.05, 3.63) is 88.5 Å². The van der Waals surface area contributed by atoms with E-state index in [0.717, 1.165) is 66.3 Å². The van der Waals surface area contributed by atoms with E-state index in [9.17, 15) is 37.6 Å². The Morgan fingerprint density at radius 3 is 2.37 bits per heavy atom. The van der Waals surface area contributed by atoms with Crippen molar-refractivity contribution < 1.29 is 37.1 Å². The third-order valence-corrected chi connectivity index (χ3v) is 11.9. The van der Waals surface area contributed by atoms with Crippen LogP contribution in [0.3, 0.4) is 0 Å². The number of nitrogens with zero attached hydrogens (tertiary/aromatic N) is 5. The van der Waals surface area contributed by atoms with Crippen molar-refractivity contribution >= 4 is 52.2 Å². The molecule has 0 aromatic heterocycles. The SMILES string of the molecule is CCC(C)c1cc(N2C(=S)N(c3ccc(C#N)c(C(F)(F)F)c3)C(=O)C2(C)C)ccc1OCCN1CCN(CC(=O)Cc2cccc(CC3CCC(=O)NC3=O)c2)CC1. The smallest absolute Gasteiger partial charge is 0.417 e. The molecule has 2 unspecified atom stereocenters. The molecular weight excluding hydrogens is 782 g/mol. The first-order valence-electron chi connectivity index (χ1n) is 19.9. The summed E-state index contributed by atoms with van der Waals surface area (Å²) in [6.45, 7) is 12.0. The van der Waals surface area contributed by atoms with Crippen LogP contribution >= 0.6 is 12.2 Å². The third-order valence-electron chi connectivity index (χ3n) is 11.5. The number of ether oxygens (including phenoxy) is 1. The lowest BCUT2D eigenvalue weighted by Crippen LogP contribution is -2.48. The molecule has 3 fully saturated rings. The van der Waals surface area contributed by atoms with Crippen LogP contribution < -0.4 is 19.9 Å². The predicted octanol–water partition coefficient (Wildman–Crippen LogP) is 6.41. The first-order chi connectivity index (χ1) is 28.0. The number of rotatable bonds is 14. The Kier molecular flexibility index (Phi) is 13.2. The van der Waals surface area contributed by atoms with Crippen molar-refractivity contribution in [3.8, 4) is 11.8 Å². The molecule has 0 spiro atoms. The van der Waals surface area contributed by atoms with Gasteiger partial charge in [-0.15, -0.1) is 0 Å². The Bertz CT molecular complexity index is 2160. The molecular formula is C44H49F3N6O5S. The standard InChI is InChI=1S/C44H49F3N6O5S/c1-5-28(2)36-24-34(53-42(59)52(41(57)43(53,3)4)33-11-9-32(26-48)37(25-33)44(45,46)47)12-13-38(36)58-20-19-50-15-17-51(18-16-50)27-35(54)23-30-8-6-7-29(21-30)22-31-10-14-39(55)49-40(31)56/h6-9,11-13,21,24-25,28,31H,5,10,14-20,22-23,27H2,1-4H3,(H,49,55,56). The van der Waals surface area contributed by atoms with Crippen LogP contribution in [0.4, 0.5) is 24.5 Å². The second-order valence-corrected chi connectivity index (χ2v) is 16.4. The van der Waals surface area contributed by atoms with Gasteiger partial charge < -0.3 is 9.64 Å². The Labute approximate surface area is 348 Å². The number of benzene rings is 3. The molecule has 0 aliphatic carbocycles. The number of halogens is 3. The summed E-state index contributed by atoms with van der Waals surface area (Å²) < 4.78 is 47.8. The number of imide groups is 1. The molecule has 11 nitrogen and oxygen atoms in total. The Hall–Kier alpha value is -5.17. The number of carbonyl (C=O) groups excluding carboxylic acids is 4. The van der Waals surface area contributed by atoms with Crippen molar-refractivity contribution in [1.29, 1.82) is 5.26 Å². The Morgan fingerprint density at radius 1 is 1.00 bits per heavy atom. The summed E-state index contributed by atoms with van der Waals surface area (Å²) in [5, 5.41) is 11.7. The summed E-state index contributed by atoms with van der Waals surface area (Å²) in [5.41, 5.74) is 0.434. The van der Waals surface area contributed by atoms with Crippen LogP contribution in [0.15, 0.2) is 60.7 Å². The van der Waals surface area contributed by atoms with Gasteiger partial charge in [-0.05, 0) is 104 Å². The largest absolute Gasteiger partial charge is 0.492 e. The van der Waals surface area contributed by atoms with E-state index in [1.165, 1.54) is 6.07 Å². The van der Waals surface area contributed by atoms with Crippen molar-refractivity contribution in [2.75, 3.05) is 55.7 Å². The molecule has 3 amide bonds. The highest BCUT2D eigenvalue weighted by Crippen LogP contribution is 2.41. The second kappa shape index (κ2) is 18.0. The number of nitrogens with one attached hydrogen (secondary N) is 1. The van der Waals surface area contributed by atoms with Gasteiger partial charge in [0.15, 0.2) is 10.9 Å². The third kappa shape index (κ3) is 9.83. The van der Waals surface area contributed by atoms with Gasteiger partial charge in [0.25, 0.3) is 5.91 Å². The fourth-order valence-electron chi connectivity index (χ4n) is 7.94. The fourth-order valence-corrected chi connectivity index (χ4v) is 8.47. The summed E-state index contributed by atoms with van der Waals surface area (Å²) in [6.07, 6.45) is -2.28. The van der Waals surface area contributed by atoms with Gasteiger partial charge in [0, 0.05) is 57.2 Å². The quantitative estimate of drug-likeness (QED) is 0.144. The lowest BCUT2D eigenvalue weighted by molar-refractivity contribution is -0.138. The highest BCUT2D eigenvalue weighted by atomic mass is 32.1. The average Bonchev–Trinajstić information content (AvgIpc) is 3.37. The number of hydrogen-bond donors (Lipinski definition) is 1. The topological polar surface area (TPSA) is 126 Å². The van der Waals surface area contributed by atoms with Crippen LogP contribution in [0.25, 0.3) is 0 Å². The molecule has 312 valence electrons. The van der Waals surface area contributed by atoms with Gasteiger partial charge >= 0.3 is 6.18 Å². The number of carbonyl (C=O) groups is 4. The Balaban J connectivity index is 1.03. The van der Waals surface area contributed by atoms with Crippen LogP contribution in [0.1, 0.15) is 80.7 Å². The van der Waals surface area contributed by atoms with Gasteiger partial charge in [0.2, 0.25) is 11.8 Å². The molecule has 3 saturated heterocycles. The zero-order valence-electron chi connectivity index (χ0n) is 33.7. The van der Waals surface area contributed by atoms with E-state index in [1.807, 2.05) is 36.4 Å². The van der Waals surface area contributed by atoms with Crippen LogP contribution in [-0.2, 0) is 38.2 Å². The van der Waals surface area contributed by atoms with Gasteiger partial charge in [-0.2, -0.15) is 18.4 Å². The molecule has 0 saturated carbocycles. The van der Waals surface area contributed by atoms with Crippen LogP contribution in [0.5, 0.6) is 5.75 Å². The molecule has 0 radical (unpaired) electrons. The van der Waals surface area contributed by atoms with E-state index in [-0.39, 0.29) is 40.2 Å². The first-order valence-corrected chi connectivity index (χ1v) is 20.4. The highest BCUT2D eigenvalue weighted by Gasteiger charge is 2.51. The zero-order valence-corrected chi connectivity index (χ0v) is 34.5. The van der Waals surface area contributed by atoms with Gasteiger partial charge in [-0.3, -0.25) is 39.2 Å². The van der Waals surface area contributed by atoms with Crippen LogP contribution in [0, 0.1) is 17.2 Å². The van der Waals surface area contributed by atoms with Crippen molar-refractivity contribution in [3.63, 3.8) is 0 Å². The van der Waals surface area contributed by atoms with E-state index >= 15 is 0 Å². The van der Waals surface area contributed by atoms with Crippen molar-refractivity contribution in [2.24, 2.45) is 5.92 Å². The second-order valence-electron chi connectivity index (χ2n) is 16.0. The minimum absolute atomic E-state index is 0.0266. The average molecular weight is 831 g/mol. The van der Waals surface area contributed by atoms with Crippen molar-refractivity contribution in [2.45, 2.75) is 77.4 Å². The molecule has 2 atom stereocenters. The number of piperazine rings is 1. The van der Waals surface area contributed by atoms with Gasteiger partial charge in [-0.25, -0.2) is 0 Å². The minimum Gasteiger partial charge on any atom is -0.492 e. The number of anilines is 2. The summed E-state index contributed by atoms with van der Waals surface area (Å²) in [4.78, 5) is 57.8. The minimum atomic E-state index is -4.80. The number of amides is 3. The van der Waals surface area contributed by atoms with Gasteiger partial charge in [0.05, 0.1) is 29.4 Å². The summed E-state index contributed by atoms with van der Waals surface area (Å²) in [5.74, 6) is -0.307. The monoisotopic (exact) mass is 830 g/mol. The molecule has 6 rings (SSSR count). The van der Waals surface area contributed by atoms with E-state index < -0.39 is 28.7 Å². The number of alkyl halides is 3. The lowest BCUT2D eigenvalue weighted by atomic mass is 9.90. The molecule has 59 heavy (non-hydrogen) atoms. The molecule has 0 bridgehead atoms. The maximum atomic E-state index is 13.8. The normalized spacial score (nSPS) is 19.5. The molecule has 3 aliphatic heterocycles. The van der Waals surface area contributed by atoms with E-state index in [4.69, 9.17) is 17.0 Å². The number of hydrogen-bond acceptors (Lipinski definition) is 9. The number of nitriles is 1. The summed E-state index contributed by atoms with van der Waals surface area (Å²) >= 11 is 5.77. The van der Waals surface area contributed by atoms with Gasteiger partial charge in [0.1, 0.15) is 17.9 Å². The summed E-state index contributed by atoms with van der Waals surface area (Å²) in [7, 11) is 0. The predicted molar refractivity (Wildman–Crippen MR) is 221 cm³/mol. The van der Waals surface area contributed by atoms with Crippen molar-refractivity contribution in [1.82, 2.24) is 15.1 Å². The maximum absolute atomic E-state index is 13.8. The molecule has 3 heterocycles. The van der Waals surface area contributed by atoms with Crippen LogP contribution in [-0.4, -0.2) is 89.8 Å². The number of ketones is 1. The fraction of sp³-hybridized carbons (Fsp3) is 0.455. The summed E-state index contributed by atoms with van der Waals surface area (Å²) in [6, 6.07) is 18.1. The molecule has 15 heteroatoms.